The standard InChI is InChI=1S/C23H22FN3O3S2.C5H8N2O/c1-12-8-20-21(14(3)25-12)22(16-5-6-16)26-27(20)11-15-4-7-17(19(24)10-15)18-9-13(2)31-23(18)32(28,29)30;1-3-4(2)8-7-5(3)6/h4,7-10,16H,5-6,11H2,1-3H3,(H,28,29,30);1-2H3,(H2,6,7). The Labute approximate surface area is 235 Å². The number of rotatable bonds is 5. The van der Waals surface area contributed by atoms with Gasteiger partial charge in [0.15, 0.2) is 10.0 Å². The molecule has 0 radical (unpaired) electrons. The zero-order valence-corrected chi connectivity index (χ0v) is 24.5. The number of hydrogen-bond acceptors (Lipinski definition) is 8. The second kappa shape index (κ2) is 10.4. The van der Waals surface area contributed by atoms with Crippen LogP contribution in [-0.2, 0) is 16.7 Å². The van der Waals surface area contributed by atoms with Crippen molar-refractivity contribution >= 4 is 38.2 Å². The molecule has 0 saturated heterocycles. The molecular weight excluding hydrogens is 553 g/mol. The molecule has 9 nitrogen and oxygen atoms in total. The first-order valence-corrected chi connectivity index (χ1v) is 15.0. The van der Waals surface area contributed by atoms with Gasteiger partial charge in [-0.1, -0.05) is 17.3 Å². The van der Waals surface area contributed by atoms with Gasteiger partial charge in [-0.15, -0.1) is 11.3 Å². The van der Waals surface area contributed by atoms with Crippen LogP contribution in [0.3, 0.4) is 0 Å². The Bertz CT molecular complexity index is 1830. The molecule has 0 unspecified atom stereocenters. The lowest BCUT2D eigenvalue weighted by Gasteiger charge is -2.08. The minimum absolute atomic E-state index is 0.144. The number of anilines is 1. The summed E-state index contributed by atoms with van der Waals surface area (Å²) in [5.41, 5.74) is 11.2. The highest BCUT2D eigenvalue weighted by molar-refractivity contribution is 7.88. The molecule has 1 aliphatic carbocycles. The van der Waals surface area contributed by atoms with Gasteiger partial charge in [0.05, 0.1) is 17.8 Å². The number of nitrogens with two attached hydrogens (primary N) is 1. The molecule has 3 N–H and O–H groups in total. The van der Waals surface area contributed by atoms with Crippen LogP contribution < -0.4 is 5.73 Å². The third kappa shape index (κ3) is 5.51. The van der Waals surface area contributed by atoms with Gasteiger partial charge >= 0.3 is 10.1 Å². The SMILES string of the molecule is Cc1cc2c(c(C)n1)c(C1CC1)nn2Cc1ccc(-c2cc(C)sc2S(=O)(=O)O)c(F)c1.Cc1onc(N)c1C. The number of aryl methyl sites for hydroxylation is 4. The smallest absolute Gasteiger partial charge is 0.304 e. The number of fused-ring (bicyclic) bond motifs is 1. The first-order chi connectivity index (χ1) is 18.8. The average Bonchev–Trinajstić information content (AvgIpc) is 3.46. The van der Waals surface area contributed by atoms with E-state index in [9.17, 15) is 13.0 Å². The van der Waals surface area contributed by atoms with E-state index in [-0.39, 0.29) is 15.3 Å². The van der Waals surface area contributed by atoms with E-state index in [1.54, 1.807) is 25.1 Å². The van der Waals surface area contributed by atoms with Crippen molar-refractivity contribution in [1.82, 2.24) is 19.9 Å². The van der Waals surface area contributed by atoms with Gasteiger partial charge < -0.3 is 10.3 Å². The molecule has 1 saturated carbocycles. The van der Waals surface area contributed by atoms with Gasteiger partial charge in [0.2, 0.25) is 0 Å². The summed E-state index contributed by atoms with van der Waals surface area (Å²) < 4.78 is 54.4. The van der Waals surface area contributed by atoms with Crippen LogP contribution in [-0.4, -0.2) is 32.9 Å². The zero-order valence-electron chi connectivity index (χ0n) is 22.8. The molecule has 6 rings (SSSR count). The Morgan fingerprint density at radius 3 is 2.40 bits per heavy atom. The van der Waals surface area contributed by atoms with E-state index in [0.29, 0.717) is 28.7 Å². The quantitative estimate of drug-likeness (QED) is 0.231. The van der Waals surface area contributed by atoms with Crippen molar-refractivity contribution in [1.29, 1.82) is 0 Å². The Hall–Kier alpha value is -3.61. The van der Waals surface area contributed by atoms with E-state index in [1.807, 2.05) is 38.4 Å². The average molecular weight is 584 g/mol. The summed E-state index contributed by atoms with van der Waals surface area (Å²) in [5, 5.41) is 9.46. The molecule has 12 heteroatoms. The predicted molar refractivity (Wildman–Crippen MR) is 153 cm³/mol. The number of aromatic nitrogens is 4. The van der Waals surface area contributed by atoms with Crippen LogP contribution in [0.2, 0.25) is 0 Å². The molecule has 0 amide bonds. The maximum atomic E-state index is 15.1. The lowest BCUT2D eigenvalue weighted by Crippen LogP contribution is -2.04. The van der Waals surface area contributed by atoms with Crippen molar-refractivity contribution in [2.45, 2.75) is 64.1 Å². The molecule has 40 heavy (non-hydrogen) atoms. The van der Waals surface area contributed by atoms with Crippen molar-refractivity contribution in [2.75, 3.05) is 5.73 Å². The summed E-state index contributed by atoms with van der Waals surface area (Å²) in [7, 11) is -4.44. The third-order valence-electron chi connectivity index (χ3n) is 6.94. The van der Waals surface area contributed by atoms with Crippen LogP contribution in [0.15, 0.2) is 39.1 Å². The lowest BCUT2D eigenvalue weighted by atomic mass is 10.1. The number of halogens is 1. The number of pyridine rings is 1. The number of nitrogen functional groups attached to an aromatic ring is 1. The van der Waals surface area contributed by atoms with E-state index < -0.39 is 15.9 Å². The maximum absolute atomic E-state index is 15.1. The third-order valence-corrected chi connectivity index (χ3v) is 9.35. The van der Waals surface area contributed by atoms with Crippen molar-refractivity contribution in [3.63, 3.8) is 0 Å². The second-order valence-corrected chi connectivity index (χ2v) is 13.0. The van der Waals surface area contributed by atoms with Gasteiger partial charge in [-0.3, -0.25) is 14.2 Å². The number of thiophene rings is 1. The molecule has 1 aliphatic rings. The fraction of sp³-hybridized carbons (Fsp3) is 0.321. The molecule has 1 aromatic carbocycles. The van der Waals surface area contributed by atoms with Crippen molar-refractivity contribution < 1.29 is 21.9 Å². The minimum Gasteiger partial charge on any atom is -0.381 e. The molecule has 5 aromatic rings. The van der Waals surface area contributed by atoms with E-state index in [0.717, 1.165) is 63.5 Å². The molecular formula is C28H30FN5O4S2. The van der Waals surface area contributed by atoms with E-state index in [1.165, 1.54) is 6.07 Å². The van der Waals surface area contributed by atoms with Gasteiger partial charge in [-0.25, -0.2) is 4.39 Å². The highest BCUT2D eigenvalue weighted by Gasteiger charge is 2.30. The van der Waals surface area contributed by atoms with Crippen LogP contribution >= 0.6 is 11.3 Å². The second-order valence-electron chi connectivity index (χ2n) is 10.2. The molecule has 1 fully saturated rings. The Balaban J connectivity index is 0.000000348. The van der Waals surface area contributed by atoms with Crippen molar-refractivity contribution in [3.8, 4) is 11.1 Å². The lowest BCUT2D eigenvalue weighted by molar-refractivity contribution is 0.399. The number of hydrogen-bond donors (Lipinski definition) is 2. The molecule has 4 heterocycles. The van der Waals surface area contributed by atoms with Gasteiger partial charge in [-0.2, -0.15) is 13.5 Å². The molecule has 4 aromatic heterocycles. The zero-order chi connectivity index (χ0) is 28.9. The van der Waals surface area contributed by atoms with Crippen molar-refractivity contribution in [3.05, 3.63) is 75.0 Å². The molecule has 0 aliphatic heterocycles. The van der Waals surface area contributed by atoms with Crippen LogP contribution in [0.25, 0.3) is 22.0 Å². The van der Waals surface area contributed by atoms with E-state index in [2.05, 4.69) is 10.1 Å². The molecule has 0 atom stereocenters. The Morgan fingerprint density at radius 2 is 1.85 bits per heavy atom. The van der Waals surface area contributed by atoms with Crippen LogP contribution in [0.4, 0.5) is 10.2 Å². The fourth-order valence-electron chi connectivity index (χ4n) is 4.68. The summed E-state index contributed by atoms with van der Waals surface area (Å²) in [5.74, 6) is 1.20. The van der Waals surface area contributed by atoms with E-state index >= 15 is 4.39 Å². The Kier molecular flexibility index (Phi) is 7.28. The summed E-state index contributed by atoms with van der Waals surface area (Å²) >= 11 is 0.922. The highest BCUT2D eigenvalue weighted by Crippen LogP contribution is 2.43. The molecule has 0 spiro atoms. The summed E-state index contributed by atoms with van der Waals surface area (Å²) in [6.07, 6.45) is 2.25. The van der Waals surface area contributed by atoms with E-state index in [4.69, 9.17) is 15.4 Å². The normalized spacial score (nSPS) is 13.5. The fourth-order valence-corrected chi connectivity index (χ4v) is 6.69. The molecule has 210 valence electrons. The monoisotopic (exact) mass is 583 g/mol. The number of benzene rings is 1. The van der Waals surface area contributed by atoms with Crippen LogP contribution in [0, 0.1) is 40.4 Å². The van der Waals surface area contributed by atoms with Gasteiger partial charge in [0.1, 0.15) is 11.6 Å². The van der Waals surface area contributed by atoms with Crippen molar-refractivity contribution in [2.24, 2.45) is 0 Å². The summed E-state index contributed by atoms with van der Waals surface area (Å²) in [6, 6.07) is 8.32. The van der Waals surface area contributed by atoms with Crippen LogP contribution in [0.5, 0.6) is 0 Å². The highest BCUT2D eigenvalue weighted by atomic mass is 32.3. The topological polar surface area (TPSA) is 137 Å². The first-order valence-electron chi connectivity index (χ1n) is 12.7. The maximum Gasteiger partial charge on any atom is 0.304 e. The first kappa shape index (κ1) is 27.9. The predicted octanol–water partition coefficient (Wildman–Crippen LogP) is 6.27. The van der Waals surface area contributed by atoms with Gasteiger partial charge in [-0.05, 0) is 71.2 Å². The van der Waals surface area contributed by atoms with Crippen LogP contribution in [0.1, 0.15) is 57.6 Å². The Morgan fingerprint density at radius 1 is 1.12 bits per heavy atom. The molecule has 0 bridgehead atoms. The van der Waals surface area contributed by atoms with Gasteiger partial charge in [0, 0.05) is 44.3 Å². The summed E-state index contributed by atoms with van der Waals surface area (Å²) in [4.78, 5) is 5.27. The minimum atomic E-state index is -4.44. The number of nitrogens with zero attached hydrogens (tertiary/aromatic N) is 4. The largest absolute Gasteiger partial charge is 0.381 e. The summed E-state index contributed by atoms with van der Waals surface area (Å²) in [6.45, 7) is 9.76. The van der Waals surface area contributed by atoms with Gasteiger partial charge in [0.25, 0.3) is 0 Å².